The highest BCUT2D eigenvalue weighted by Crippen LogP contribution is 1.98. The van der Waals surface area contributed by atoms with E-state index >= 15 is 0 Å². The van der Waals surface area contributed by atoms with Crippen LogP contribution in [0.5, 0.6) is 0 Å². The highest BCUT2D eigenvalue weighted by molar-refractivity contribution is 5.74. The van der Waals surface area contributed by atoms with Crippen LogP contribution in [0.15, 0.2) is 0 Å². The molecule has 1 saturated heterocycles. The molecule has 1 rings (SSSR count). The van der Waals surface area contributed by atoms with Gasteiger partial charge in [-0.2, -0.15) is 0 Å². The van der Waals surface area contributed by atoms with Gasteiger partial charge >= 0.3 is 6.03 Å². The van der Waals surface area contributed by atoms with Crippen LogP contribution in [-0.4, -0.2) is 61.5 Å². The van der Waals surface area contributed by atoms with Gasteiger partial charge in [-0.15, -0.1) is 0 Å². The molecule has 0 atom stereocenters. The van der Waals surface area contributed by atoms with Crippen LogP contribution < -0.4 is 11.1 Å². The van der Waals surface area contributed by atoms with E-state index in [0.29, 0.717) is 39.3 Å². The average Bonchev–Trinajstić information content (AvgIpc) is 2.26. The number of piperazine rings is 1. The molecule has 1 heterocycles. The number of nitrogens with two attached hydrogens (primary N) is 1. The van der Waals surface area contributed by atoms with Crippen LogP contribution in [0.4, 0.5) is 4.79 Å². The maximum Gasteiger partial charge on any atom is 0.317 e. The largest absolute Gasteiger partial charge is 0.342 e. The van der Waals surface area contributed by atoms with E-state index < -0.39 is 0 Å². The van der Waals surface area contributed by atoms with Gasteiger partial charge in [-0.1, -0.05) is 0 Å². The fourth-order valence-corrected chi connectivity index (χ4v) is 1.32. The number of hydrogen-bond acceptors (Lipinski definition) is 3. The summed E-state index contributed by atoms with van der Waals surface area (Å²) in [6, 6.07) is -0.0963. The molecular formula is C8H16N4O2. The normalized spacial score (nSPS) is 16.6. The van der Waals surface area contributed by atoms with E-state index in [2.05, 4.69) is 5.32 Å². The second kappa shape index (κ2) is 5.43. The van der Waals surface area contributed by atoms with Gasteiger partial charge < -0.3 is 20.9 Å². The van der Waals surface area contributed by atoms with E-state index in [1.165, 1.54) is 0 Å². The first kappa shape index (κ1) is 10.8. The maximum atomic E-state index is 11.4. The summed E-state index contributed by atoms with van der Waals surface area (Å²) in [5.74, 6) is 0. The van der Waals surface area contributed by atoms with Crippen LogP contribution in [0.1, 0.15) is 0 Å². The SMILES string of the molecule is NCCNC(=O)N1CCN(C=O)CC1. The lowest BCUT2D eigenvalue weighted by Crippen LogP contribution is -2.51. The summed E-state index contributed by atoms with van der Waals surface area (Å²) in [5.41, 5.74) is 5.26. The number of amides is 3. The lowest BCUT2D eigenvalue weighted by atomic mass is 10.3. The second-order valence-electron chi connectivity index (χ2n) is 3.15. The highest BCUT2D eigenvalue weighted by atomic mass is 16.2. The van der Waals surface area contributed by atoms with E-state index in [-0.39, 0.29) is 6.03 Å². The Morgan fingerprint density at radius 2 is 2.00 bits per heavy atom. The Morgan fingerprint density at radius 3 is 2.50 bits per heavy atom. The predicted molar refractivity (Wildman–Crippen MR) is 51.7 cm³/mol. The van der Waals surface area contributed by atoms with Gasteiger partial charge in [0.15, 0.2) is 0 Å². The van der Waals surface area contributed by atoms with Crippen LogP contribution in [-0.2, 0) is 4.79 Å². The lowest BCUT2D eigenvalue weighted by molar-refractivity contribution is -0.119. The first-order valence-electron chi connectivity index (χ1n) is 4.70. The molecule has 0 aromatic rings. The minimum atomic E-state index is -0.0963. The first-order valence-corrected chi connectivity index (χ1v) is 4.70. The number of rotatable bonds is 3. The van der Waals surface area contributed by atoms with Crippen LogP contribution in [0.2, 0.25) is 0 Å². The molecule has 0 bridgehead atoms. The van der Waals surface area contributed by atoms with Crippen molar-refractivity contribution >= 4 is 12.4 Å². The van der Waals surface area contributed by atoms with Gasteiger partial charge in [0.1, 0.15) is 0 Å². The average molecular weight is 200 g/mol. The summed E-state index contributed by atoms with van der Waals surface area (Å²) in [7, 11) is 0. The van der Waals surface area contributed by atoms with E-state index in [1.54, 1.807) is 9.80 Å². The molecule has 6 heteroatoms. The van der Waals surface area contributed by atoms with Crippen molar-refractivity contribution in [1.82, 2.24) is 15.1 Å². The summed E-state index contributed by atoms with van der Waals surface area (Å²) >= 11 is 0. The Labute approximate surface area is 83.0 Å². The van der Waals surface area contributed by atoms with Crippen molar-refractivity contribution in [3.05, 3.63) is 0 Å². The fourth-order valence-electron chi connectivity index (χ4n) is 1.32. The molecule has 0 aliphatic carbocycles. The molecule has 0 unspecified atom stereocenters. The van der Waals surface area contributed by atoms with Crippen molar-refractivity contribution in [1.29, 1.82) is 0 Å². The molecular weight excluding hydrogens is 184 g/mol. The standard InChI is InChI=1S/C8H16N4O2/c9-1-2-10-8(14)12-5-3-11(7-13)4-6-12/h7H,1-6,9H2,(H,10,14). The summed E-state index contributed by atoms with van der Waals surface area (Å²) in [6.07, 6.45) is 0.815. The molecule has 3 amide bonds. The number of carbonyl (C=O) groups excluding carboxylic acids is 2. The van der Waals surface area contributed by atoms with Crippen LogP contribution in [0.3, 0.4) is 0 Å². The maximum absolute atomic E-state index is 11.4. The zero-order valence-corrected chi connectivity index (χ0v) is 8.11. The predicted octanol–water partition coefficient (Wildman–Crippen LogP) is -1.57. The molecule has 1 aliphatic rings. The van der Waals surface area contributed by atoms with E-state index in [4.69, 9.17) is 5.73 Å². The number of carbonyl (C=O) groups is 2. The highest BCUT2D eigenvalue weighted by Gasteiger charge is 2.19. The van der Waals surface area contributed by atoms with Crippen molar-refractivity contribution in [2.24, 2.45) is 5.73 Å². The van der Waals surface area contributed by atoms with E-state index in [0.717, 1.165) is 6.41 Å². The monoisotopic (exact) mass is 200 g/mol. The molecule has 0 radical (unpaired) electrons. The smallest absolute Gasteiger partial charge is 0.317 e. The van der Waals surface area contributed by atoms with Gasteiger partial charge in [0, 0.05) is 39.3 Å². The van der Waals surface area contributed by atoms with Crippen molar-refractivity contribution in [2.75, 3.05) is 39.3 Å². The summed E-state index contributed by atoms with van der Waals surface area (Å²) < 4.78 is 0. The second-order valence-corrected chi connectivity index (χ2v) is 3.15. The zero-order chi connectivity index (χ0) is 10.4. The van der Waals surface area contributed by atoms with Gasteiger partial charge in [-0.3, -0.25) is 4.79 Å². The molecule has 14 heavy (non-hydrogen) atoms. The third-order valence-corrected chi connectivity index (χ3v) is 2.17. The zero-order valence-electron chi connectivity index (χ0n) is 8.11. The van der Waals surface area contributed by atoms with Gasteiger partial charge in [-0.05, 0) is 0 Å². The third kappa shape index (κ3) is 2.88. The molecule has 0 spiro atoms. The Morgan fingerprint density at radius 1 is 1.36 bits per heavy atom. The minimum absolute atomic E-state index is 0.0963. The van der Waals surface area contributed by atoms with Gasteiger partial charge in [0.05, 0.1) is 0 Å². The Balaban J connectivity index is 2.26. The fraction of sp³-hybridized carbons (Fsp3) is 0.750. The molecule has 0 saturated carbocycles. The first-order chi connectivity index (χ1) is 6.77. The van der Waals surface area contributed by atoms with Crippen molar-refractivity contribution in [3.8, 4) is 0 Å². The number of nitrogens with zero attached hydrogens (tertiary/aromatic N) is 2. The third-order valence-electron chi connectivity index (χ3n) is 2.17. The number of hydrogen-bond donors (Lipinski definition) is 2. The van der Waals surface area contributed by atoms with Gasteiger partial charge in [0.25, 0.3) is 0 Å². The Hall–Kier alpha value is -1.30. The molecule has 1 aliphatic heterocycles. The van der Waals surface area contributed by atoms with Crippen molar-refractivity contribution in [2.45, 2.75) is 0 Å². The summed E-state index contributed by atoms with van der Waals surface area (Å²) in [4.78, 5) is 25.2. The molecule has 1 fully saturated rings. The number of nitrogens with one attached hydrogen (secondary N) is 1. The lowest BCUT2D eigenvalue weighted by Gasteiger charge is -2.32. The molecule has 0 aromatic heterocycles. The van der Waals surface area contributed by atoms with Crippen LogP contribution in [0.25, 0.3) is 0 Å². The summed E-state index contributed by atoms with van der Waals surface area (Å²) in [5, 5.41) is 2.69. The Kier molecular flexibility index (Phi) is 4.18. The summed E-state index contributed by atoms with van der Waals surface area (Å²) in [6.45, 7) is 3.34. The molecule has 0 aromatic carbocycles. The molecule has 80 valence electrons. The van der Waals surface area contributed by atoms with Crippen LogP contribution in [0, 0.1) is 0 Å². The number of urea groups is 1. The van der Waals surface area contributed by atoms with Gasteiger partial charge in [0.2, 0.25) is 6.41 Å². The topological polar surface area (TPSA) is 78.7 Å². The Bertz CT molecular complexity index is 202. The minimum Gasteiger partial charge on any atom is -0.342 e. The van der Waals surface area contributed by atoms with Crippen LogP contribution >= 0.6 is 0 Å². The van der Waals surface area contributed by atoms with Crippen molar-refractivity contribution < 1.29 is 9.59 Å². The van der Waals surface area contributed by atoms with E-state index in [1.807, 2.05) is 0 Å². The quantitative estimate of drug-likeness (QED) is 0.540. The molecule has 3 N–H and O–H groups in total. The van der Waals surface area contributed by atoms with Gasteiger partial charge in [-0.25, -0.2) is 4.79 Å². The van der Waals surface area contributed by atoms with Crippen molar-refractivity contribution in [3.63, 3.8) is 0 Å². The van der Waals surface area contributed by atoms with E-state index in [9.17, 15) is 9.59 Å². The molecule has 6 nitrogen and oxygen atoms in total.